The summed E-state index contributed by atoms with van der Waals surface area (Å²) in [5, 5.41) is 4.21. The minimum Gasteiger partial charge on any atom is -0.327 e. The average molecular weight is 227 g/mol. The Hall–Kier alpha value is -1.61. The van der Waals surface area contributed by atoms with Crippen LogP contribution in [-0.4, -0.2) is 15.8 Å². The summed E-state index contributed by atoms with van der Waals surface area (Å²) in [5.74, 6) is 0.495. The fourth-order valence-corrected chi connectivity index (χ4v) is 2.57. The van der Waals surface area contributed by atoms with Crippen molar-refractivity contribution >= 4 is 0 Å². The smallest absolute Gasteiger partial charge is 0.0645 e. The average Bonchev–Trinajstić information content (AvgIpc) is 2.77. The summed E-state index contributed by atoms with van der Waals surface area (Å²) < 4.78 is 1.86. The van der Waals surface area contributed by atoms with Crippen molar-refractivity contribution < 1.29 is 0 Å². The molecule has 0 saturated heterocycles. The summed E-state index contributed by atoms with van der Waals surface area (Å²) in [5.41, 5.74) is 8.76. The maximum atomic E-state index is 6.09. The van der Waals surface area contributed by atoms with Gasteiger partial charge in [-0.05, 0) is 29.2 Å². The van der Waals surface area contributed by atoms with E-state index in [-0.39, 0.29) is 11.5 Å². The second-order valence-corrected chi connectivity index (χ2v) is 5.37. The molecule has 0 radical (unpaired) electrons. The molecule has 1 aromatic heterocycles. The van der Waals surface area contributed by atoms with Crippen LogP contribution >= 0.6 is 0 Å². The quantitative estimate of drug-likeness (QED) is 0.855. The van der Waals surface area contributed by atoms with Gasteiger partial charge in [0.2, 0.25) is 0 Å². The van der Waals surface area contributed by atoms with Gasteiger partial charge in [0, 0.05) is 24.4 Å². The number of hydrogen-bond acceptors (Lipinski definition) is 2. The molecule has 2 N–H and O–H groups in total. The summed E-state index contributed by atoms with van der Waals surface area (Å²) in [6, 6.07) is 10.7. The third-order valence-electron chi connectivity index (χ3n) is 3.93. The third kappa shape index (κ3) is 1.58. The SMILES string of the molecule is CC1(C)C(N)C1c1ccc(-n2cccn2)cc1. The maximum Gasteiger partial charge on any atom is 0.0645 e. The van der Waals surface area contributed by atoms with Gasteiger partial charge in [-0.3, -0.25) is 0 Å². The van der Waals surface area contributed by atoms with Crippen molar-refractivity contribution in [1.29, 1.82) is 0 Å². The van der Waals surface area contributed by atoms with Crippen molar-refractivity contribution in [2.45, 2.75) is 25.8 Å². The van der Waals surface area contributed by atoms with Crippen molar-refractivity contribution in [1.82, 2.24) is 9.78 Å². The predicted octanol–water partition coefficient (Wildman–Crippen LogP) is 2.32. The fraction of sp³-hybridized carbons (Fsp3) is 0.357. The standard InChI is InChI=1S/C14H17N3/c1-14(2)12(13(14)15)10-4-6-11(7-5-10)17-9-3-8-16-17/h3-9,12-13H,15H2,1-2H3. The molecule has 3 nitrogen and oxygen atoms in total. The van der Waals surface area contributed by atoms with Gasteiger partial charge in [-0.2, -0.15) is 5.10 Å². The molecule has 0 amide bonds. The van der Waals surface area contributed by atoms with E-state index in [0.29, 0.717) is 5.92 Å². The Morgan fingerprint density at radius 2 is 1.88 bits per heavy atom. The molecule has 0 spiro atoms. The lowest BCUT2D eigenvalue weighted by molar-refractivity contribution is 0.599. The number of benzene rings is 1. The molecule has 2 aromatic rings. The number of aromatic nitrogens is 2. The second-order valence-electron chi connectivity index (χ2n) is 5.37. The molecule has 2 unspecified atom stereocenters. The highest BCUT2D eigenvalue weighted by Crippen LogP contribution is 2.57. The van der Waals surface area contributed by atoms with Crippen LogP contribution in [0.3, 0.4) is 0 Å². The van der Waals surface area contributed by atoms with Gasteiger partial charge >= 0.3 is 0 Å². The van der Waals surface area contributed by atoms with E-state index >= 15 is 0 Å². The number of nitrogens with zero attached hydrogens (tertiary/aromatic N) is 2. The minimum atomic E-state index is 0.243. The first-order chi connectivity index (χ1) is 8.10. The van der Waals surface area contributed by atoms with E-state index in [1.807, 2.05) is 16.9 Å². The van der Waals surface area contributed by atoms with Crippen LogP contribution in [0.15, 0.2) is 42.7 Å². The van der Waals surface area contributed by atoms with Gasteiger partial charge < -0.3 is 5.73 Å². The minimum absolute atomic E-state index is 0.243. The topological polar surface area (TPSA) is 43.8 Å². The van der Waals surface area contributed by atoms with Crippen LogP contribution in [0.1, 0.15) is 25.3 Å². The van der Waals surface area contributed by atoms with E-state index in [1.54, 1.807) is 6.20 Å². The summed E-state index contributed by atoms with van der Waals surface area (Å²) in [4.78, 5) is 0. The molecule has 88 valence electrons. The molecule has 1 saturated carbocycles. The van der Waals surface area contributed by atoms with Crippen LogP contribution in [0.5, 0.6) is 0 Å². The summed E-state index contributed by atoms with van der Waals surface area (Å²) in [6.07, 6.45) is 3.73. The van der Waals surface area contributed by atoms with Gasteiger partial charge in [0.1, 0.15) is 0 Å². The first-order valence-electron chi connectivity index (χ1n) is 5.96. The fourth-order valence-electron chi connectivity index (χ4n) is 2.57. The molecular formula is C14H17N3. The molecule has 1 heterocycles. The van der Waals surface area contributed by atoms with Crippen molar-refractivity contribution in [2.24, 2.45) is 11.1 Å². The normalized spacial score (nSPS) is 25.8. The molecule has 1 fully saturated rings. The highest BCUT2D eigenvalue weighted by atomic mass is 15.3. The zero-order chi connectivity index (χ0) is 12.0. The predicted molar refractivity (Wildman–Crippen MR) is 68.1 cm³/mol. The van der Waals surface area contributed by atoms with Crippen molar-refractivity contribution in [3.8, 4) is 5.69 Å². The number of hydrogen-bond donors (Lipinski definition) is 1. The largest absolute Gasteiger partial charge is 0.327 e. The molecular weight excluding hydrogens is 210 g/mol. The molecule has 3 rings (SSSR count). The first kappa shape index (κ1) is 10.5. The van der Waals surface area contributed by atoms with E-state index in [0.717, 1.165) is 5.69 Å². The number of nitrogens with two attached hydrogens (primary N) is 1. The van der Waals surface area contributed by atoms with Gasteiger partial charge in [-0.1, -0.05) is 26.0 Å². The Labute approximate surface area is 101 Å². The lowest BCUT2D eigenvalue weighted by Gasteiger charge is -2.05. The van der Waals surface area contributed by atoms with E-state index in [4.69, 9.17) is 5.73 Å². The summed E-state index contributed by atoms with van der Waals surface area (Å²) >= 11 is 0. The Balaban J connectivity index is 1.87. The molecule has 3 heteroatoms. The Morgan fingerprint density at radius 1 is 1.24 bits per heavy atom. The van der Waals surface area contributed by atoms with Gasteiger partial charge in [0.15, 0.2) is 0 Å². The number of rotatable bonds is 2. The van der Waals surface area contributed by atoms with Crippen LogP contribution in [0.4, 0.5) is 0 Å². The molecule has 1 aromatic carbocycles. The first-order valence-corrected chi connectivity index (χ1v) is 5.96. The van der Waals surface area contributed by atoms with E-state index in [2.05, 4.69) is 43.2 Å². The lowest BCUT2D eigenvalue weighted by Crippen LogP contribution is -2.06. The van der Waals surface area contributed by atoms with Gasteiger partial charge in [-0.15, -0.1) is 0 Å². The highest BCUT2D eigenvalue weighted by Gasteiger charge is 2.55. The van der Waals surface area contributed by atoms with E-state index in [1.165, 1.54) is 5.56 Å². The Bertz CT molecular complexity index is 511. The van der Waals surface area contributed by atoms with Gasteiger partial charge in [0.25, 0.3) is 0 Å². The molecule has 17 heavy (non-hydrogen) atoms. The maximum absolute atomic E-state index is 6.09. The lowest BCUT2D eigenvalue weighted by atomic mass is 10.0. The summed E-state index contributed by atoms with van der Waals surface area (Å²) in [6.45, 7) is 4.45. The zero-order valence-corrected chi connectivity index (χ0v) is 10.2. The van der Waals surface area contributed by atoms with Gasteiger partial charge in [-0.25, -0.2) is 4.68 Å². The molecule has 0 aliphatic heterocycles. The van der Waals surface area contributed by atoms with E-state index in [9.17, 15) is 0 Å². The van der Waals surface area contributed by atoms with Crippen LogP contribution < -0.4 is 5.73 Å². The second kappa shape index (κ2) is 3.44. The molecule has 1 aliphatic rings. The molecule has 1 aliphatic carbocycles. The zero-order valence-electron chi connectivity index (χ0n) is 10.2. The van der Waals surface area contributed by atoms with Crippen molar-refractivity contribution in [2.75, 3.05) is 0 Å². The van der Waals surface area contributed by atoms with Crippen LogP contribution in [-0.2, 0) is 0 Å². The van der Waals surface area contributed by atoms with E-state index < -0.39 is 0 Å². The third-order valence-corrected chi connectivity index (χ3v) is 3.93. The van der Waals surface area contributed by atoms with Crippen LogP contribution in [0.2, 0.25) is 0 Å². The molecule has 0 bridgehead atoms. The van der Waals surface area contributed by atoms with Gasteiger partial charge in [0.05, 0.1) is 5.69 Å². The van der Waals surface area contributed by atoms with Crippen molar-refractivity contribution in [3.63, 3.8) is 0 Å². The van der Waals surface area contributed by atoms with Crippen molar-refractivity contribution in [3.05, 3.63) is 48.3 Å². The highest BCUT2D eigenvalue weighted by molar-refractivity contribution is 5.40. The Kier molecular flexibility index (Phi) is 2.13. The van der Waals surface area contributed by atoms with Crippen LogP contribution in [0, 0.1) is 5.41 Å². The monoisotopic (exact) mass is 227 g/mol. The molecule has 2 atom stereocenters. The van der Waals surface area contributed by atoms with Crippen LogP contribution in [0.25, 0.3) is 5.69 Å². The summed E-state index contributed by atoms with van der Waals surface area (Å²) in [7, 11) is 0. The Morgan fingerprint density at radius 3 is 2.35 bits per heavy atom.